The average molecular weight is 234 g/mol. The lowest BCUT2D eigenvalue weighted by atomic mass is 10.1. The van der Waals surface area contributed by atoms with Gasteiger partial charge in [0.1, 0.15) is 5.75 Å². The van der Waals surface area contributed by atoms with E-state index in [0.717, 1.165) is 37.2 Å². The van der Waals surface area contributed by atoms with Crippen LogP contribution in [-0.4, -0.2) is 24.6 Å². The van der Waals surface area contributed by atoms with Gasteiger partial charge >= 0.3 is 0 Å². The van der Waals surface area contributed by atoms with Gasteiger partial charge in [-0.05, 0) is 18.9 Å². The third-order valence-electron chi connectivity index (χ3n) is 2.72. The highest BCUT2D eigenvalue weighted by Gasteiger charge is 2.15. The Kier molecular flexibility index (Phi) is 4.59. The Morgan fingerprint density at radius 1 is 1.35 bits per heavy atom. The first-order valence-corrected chi connectivity index (χ1v) is 6.05. The molecule has 0 bridgehead atoms. The van der Waals surface area contributed by atoms with Gasteiger partial charge in [0.05, 0.1) is 13.2 Å². The van der Waals surface area contributed by atoms with Crippen LogP contribution in [0.2, 0.25) is 0 Å². The molecule has 3 nitrogen and oxygen atoms in total. The number of aliphatic hydroxyl groups excluding tert-OH is 1. The fourth-order valence-electron chi connectivity index (χ4n) is 1.85. The van der Waals surface area contributed by atoms with Crippen LogP contribution in [0.25, 0.3) is 6.08 Å². The lowest BCUT2D eigenvalue weighted by Crippen LogP contribution is -2.25. The van der Waals surface area contributed by atoms with Gasteiger partial charge in [0.25, 0.3) is 0 Å². The molecular formula is C14H18O3. The van der Waals surface area contributed by atoms with Crippen LogP contribution in [0, 0.1) is 0 Å². The van der Waals surface area contributed by atoms with Gasteiger partial charge in [-0.3, -0.25) is 0 Å². The van der Waals surface area contributed by atoms with Gasteiger partial charge in [0.2, 0.25) is 0 Å². The minimum absolute atomic E-state index is 0.0360. The molecule has 17 heavy (non-hydrogen) atoms. The molecule has 1 aromatic rings. The van der Waals surface area contributed by atoms with Crippen molar-refractivity contribution in [3.05, 3.63) is 35.9 Å². The Hall–Kier alpha value is -1.32. The Morgan fingerprint density at radius 2 is 2.24 bits per heavy atom. The third kappa shape index (κ3) is 3.58. The molecule has 0 aromatic heterocycles. The standard InChI is InChI=1S/C14H18O3/c15-10-5-7-12-6-1-2-8-13(12)17-14-9-3-4-11-16-14/h1-2,5-8,14-15H,3-4,9-11H2/b7-5+/t14-/m1/s1. The second kappa shape index (κ2) is 6.42. The molecule has 0 aliphatic carbocycles. The quantitative estimate of drug-likeness (QED) is 0.870. The fourth-order valence-corrected chi connectivity index (χ4v) is 1.85. The second-order valence-corrected chi connectivity index (χ2v) is 4.04. The van der Waals surface area contributed by atoms with Crippen LogP contribution in [0.3, 0.4) is 0 Å². The summed E-state index contributed by atoms with van der Waals surface area (Å²) < 4.78 is 11.4. The Balaban J connectivity index is 2.05. The topological polar surface area (TPSA) is 38.7 Å². The summed E-state index contributed by atoms with van der Waals surface area (Å²) in [4.78, 5) is 0. The zero-order valence-corrected chi connectivity index (χ0v) is 9.84. The molecule has 0 unspecified atom stereocenters. The van der Waals surface area contributed by atoms with Crippen LogP contribution in [0.5, 0.6) is 5.75 Å². The summed E-state index contributed by atoms with van der Waals surface area (Å²) in [5, 5.41) is 8.79. The molecule has 92 valence electrons. The van der Waals surface area contributed by atoms with Crippen molar-refractivity contribution in [2.45, 2.75) is 25.6 Å². The van der Waals surface area contributed by atoms with E-state index < -0.39 is 0 Å². The van der Waals surface area contributed by atoms with Gasteiger partial charge in [-0.25, -0.2) is 0 Å². The van der Waals surface area contributed by atoms with Crippen molar-refractivity contribution in [3.8, 4) is 5.75 Å². The Morgan fingerprint density at radius 3 is 3.00 bits per heavy atom. The van der Waals surface area contributed by atoms with Crippen molar-refractivity contribution in [2.75, 3.05) is 13.2 Å². The van der Waals surface area contributed by atoms with Crippen LogP contribution >= 0.6 is 0 Å². The second-order valence-electron chi connectivity index (χ2n) is 4.04. The number of ether oxygens (including phenoxy) is 2. The maximum Gasteiger partial charge on any atom is 0.199 e. The molecule has 1 N–H and O–H groups in total. The first kappa shape index (κ1) is 12.1. The molecule has 1 saturated heterocycles. The molecule has 1 fully saturated rings. The van der Waals surface area contributed by atoms with Crippen molar-refractivity contribution >= 4 is 6.08 Å². The van der Waals surface area contributed by atoms with E-state index in [1.165, 1.54) is 0 Å². The number of benzene rings is 1. The molecule has 3 heteroatoms. The van der Waals surface area contributed by atoms with Gasteiger partial charge < -0.3 is 14.6 Å². The number of aliphatic hydroxyl groups is 1. The number of rotatable bonds is 4. The number of hydrogen-bond acceptors (Lipinski definition) is 3. The smallest absolute Gasteiger partial charge is 0.199 e. The normalized spacial score (nSPS) is 20.6. The molecule has 1 aliphatic heterocycles. The van der Waals surface area contributed by atoms with E-state index >= 15 is 0 Å². The molecule has 0 amide bonds. The van der Waals surface area contributed by atoms with E-state index in [1.807, 2.05) is 30.3 Å². The minimum atomic E-state index is -0.132. The van der Waals surface area contributed by atoms with Crippen molar-refractivity contribution in [1.29, 1.82) is 0 Å². The maximum absolute atomic E-state index is 8.79. The summed E-state index contributed by atoms with van der Waals surface area (Å²) in [6, 6.07) is 7.78. The number of hydrogen-bond donors (Lipinski definition) is 1. The predicted molar refractivity (Wildman–Crippen MR) is 66.8 cm³/mol. The van der Waals surface area contributed by atoms with E-state index in [9.17, 15) is 0 Å². The largest absolute Gasteiger partial charge is 0.464 e. The molecule has 1 heterocycles. The first-order valence-electron chi connectivity index (χ1n) is 6.05. The van der Waals surface area contributed by atoms with E-state index in [2.05, 4.69) is 0 Å². The monoisotopic (exact) mass is 234 g/mol. The van der Waals surface area contributed by atoms with E-state index in [1.54, 1.807) is 6.08 Å². The van der Waals surface area contributed by atoms with Crippen LogP contribution < -0.4 is 4.74 Å². The summed E-state index contributed by atoms with van der Waals surface area (Å²) >= 11 is 0. The van der Waals surface area contributed by atoms with Crippen LogP contribution in [0.15, 0.2) is 30.3 Å². The summed E-state index contributed by atoms with van der Waals surface area (Å²) in [5.41, 5.74) is 0.968. The van der Waals surface area contributed by atoms with Gasteiger partial charge in [-0.2, -0.15) is 0 Å². The summed E-state index contributed by atoms with van der Waals surface area (Å²) in [7, 11) is 0. The molecule has 1 aliphatic rings. The molecular weight excluding hydrogens is 216 g/mol. The highest BCUT2D eigenvalue weighted by Crippen LogP contribution is 2.24. The minimum Gasteiger partial charge on any atom is -0.464 e. The van der Waals surface area contributed by atoms with Crippen molar-refractivity contribution in [1.82, 2.24) is 0 Å². The molecule has 0 radical (unpaired) electrons. The molecule has 0 spiro atoms. The Labute approximate surface area is 102 Å². The van der Waals surface area contributed by atoms with Gasteiger partial charge in [0, 0.05) is 12.0 Å². The third-order valence-corrected chi connectivity index (χ3v) is 2.72. The molecule has 2 rings (SSSR count). The van der Waals surface area contributed by atoms with Crippen LogP contribution in [-0.2, 0) is 4.74 Å². The fraction of sp³-hybridized carbons (Fsp3) is 0.429. The zero-order chi connectivity index (χ0) is 11.9. The van der Waals surface area contributed by atoms with Crippen LogP contribution in [0.4, 0.5) is 0 Å². The number of para-hydroxylation sites is 1. The maximum atomic E-state index is 8.79. The van der Waals surface area contributed by atoms with Crippen molar-refractivity contribution in [3.63, 3.8) is 0 Å². The molecule has 0 saturated carbocycles. The predicted octanol–water partition coefficient (Wildman–Crippen LogP) is 2.60. The Bertz CT molecular complexity index is 367. The van der Waals surface area contributed by atoms with Crippen LogP contribution in [0.1, 0.15) is 24.8 Å². The lowest BCUT2D eigenvalue weighted by Gasteiger charge is -2.24. The lowest BCUT2D eigenvalue weighted by molar-refractivity contribution is -0.106. The molecule has 1 atom stereocenters. The van der Waals surface area contributed by atoms with Gasteiger partial charge in [0.15, 0.2) is 6.29 Å². The van der Waals surface area contributed by atoms with E-state index in [0.29, 0.717) is 0 Å². The van der Waals surface area contributed by atoms with Gasteiger partial charge in [-0.15, -0.1) is 0 Å². The van der Waals surface area contributed by atoms with Crippen molar-refractivity contribution in [2.24, 2.45) is 0 Å². The zero-order valence-electron chi connectivity index (χ0n) is 9.84. The van der Waals surface area contributed by atoms with Gasteiger partial charge in [-0.1, -0.05) is 30.4 Å². The van der Waals surface area contributed by atoms with E-state index in [4.69, 9.17) is 14.6 Å². The summed E-state index contributed by atoms with van der Waals surface area (Å²) in [6.07, 6.45) is 6.64. The SMILES string of the molecule is OC/C=C/c1ccccc1O[C@@H]1CCCCO1. The van der Waals surface area contributed by atoms with E-state index in [-0.39, 0.29) is 12.9 Å². The molecule has 1 aromatic carbocycles. The highest BCUT2D eigenvalue weighted by atomic mass is 16.7. The first-order chi connectivity index (χ1) is 8.40. The summed E-state index contributed by atoms with van der Waals surface area (Å²) in [6.45, 7) is 0.813. The highest BCUT2D eigenvalue weighted by molar-refractivity contribution is 5.57. The average Bonchev–Trinajstić information content (AvgIpc) is 2.39. The summed E-state index contributed by atoms with van der Waals surface area (Å²) in [5.74, 6) is 0.809. The van der Waals surface area contributed by atoms with Crippen molar-refractivity contribution < 1.29 is 14.6 Å².